The molecule has 0 saturated heterocycles. The number of allylic oxidation sites excluding steroid dienone is 1. The van der Waals surface area contributed by atoms with E-state index < -0.39 is 5.67 Å². The van der Waals surface area contributed by atoms with E-state index in [0.29, 0.717) is 25.3 Å². The molecule has 2 atom stereocenters. The predicted molar refractivity (Wildman–Crippen MR) is 128 cm³/mol. The van der Waals surface area contributed by atoms with Crippen LogP contribution in [0.25, 0.3) is 0 Å². The van der Waals surface area contributed by atoms with Crippen molar-refractivity contribution in [1.82, 2.24) is 20.5 Å². The number of aromatic nitrogens is 1. The van der Waals surface area contributed by atoms with Crippen LogP contribution in [0, 0.1) is 12.8 Å². The molecule has 0 radical (unpaired) electrons. The number of aryl methyl sites for hydroxylation is 1. The van der Waals surface area contributed by atoms with E-state index in [2.05, 4.69) is 33.2 Å². The fourth-order valence-electron chi connectivity index (χ4n) is 3.15. The average Bonchev–Trinajstić information content (AvgIpc) is 2.72. The third kappa shape index (κ3) is 7.55. The van der Waals surface area contributed by atoms with Crippen LogP contribution >= 0.6 is 0 Å². The molecule has 2 heterocycles. The summed E-state index contributed by atoms with van der Waals surface area (Å²) in [5.74, 6) is 0.492. The van der Waals surface area contributed by atoms with Crippen LogP contribution < -0.4 is 15.4 Å². The largest absolute Gasteiger partial charge is 0.488 e. The summed E-state index contributed by atoms with van der Waals surface area (Å²) in [5, 5.41) is 15.6. The highest BCUT2D eigenvalue weighted by Crippen LogP contribution is 2.25. The fourth-order valence-corrected chi connectivity index (χ4v) is 3.15. The molecule has 7 heteroatoms. The molecule has 0 saturated carbocycles. The van der Waals surface area contributed by atoms with Gasteiger partial charge < -0.3 is 25.4 Å². The van der Waals surface area contributed by atoms with Crippen molar-refractivity contribution in [2.45, 2.75) is 58.8 Å². The lowest BCUT2D eigenvalue weighted by molar-refractivity contribution is 0.0575. The van der Waals surface area contributed by atoms with Crippen molar-refractivity contribution >= 4 is 0 Å². The number of nitrogens with one attached hydrogen (secondary N) is 2. The first-order chi connectivity index (χ1) is 15.1. The molecule has 1 aromatic rings. The first-order valence-electron chi connectivity index (χ1n) is 11.3. The van der Waals surface area contributed by atoms with Gasteiger partial charge in [0.05, 0.1) is 24.5 Å². The van der Waals surface area contributed by atoms with Crippen LogP contribution in [0.15, 0.2) is 48.6 Å². The molecule has 3 N–H and O–H groups in total. The Hall–Kier alpha value is -2.54. The lowest BCUT2D eigenvalue weighted by Crippen LogP contribution is -2.35. The number of hydrogen-bond acceptors (Lipinski definition) is 6. The Morgan fingerprint density at radius 2 is 2.22 bits per heavy atom. The minimum atomic E-state index is -1.38. The Kier molecular flexibility index (Phi) is 9.57. The highest BCUT2D eigenvalue weighted by molar-refractivity contribution is 5.32. The summed E-state index contributed by atoms with van der Waals surface area (Å²) < 4.78 is 20.2. The molecule has 32 heavy (non-hydrogen) atoms. The zero-order valence-electron chi connectivity index (χ0n) is 20.1. The number of halogens is 1. The van der Waals surface area contributed by atoms with Crippen molar-refractivity contribution in [3.63, 3.8) is 0 Å². The third-order valence-corrected chi connectivity index (χ3v) is 5.85. The van der Waals surface area contributed by atoms with E-state index in [4.69, 9.17) is 9.84 Å². The molecule has 0 aliphatic carbocycles. The number of alkyl halides is 1. The Labute approximate surface area is 192 Å². The molecular formula is C25H39FN4O2. The smallest absolute Gasteiger partial charge is 0.144 e. The number of nitrogens with zero attached hydrogens (tertiary/aromatic N) is 2. The normalized spacial score (nSPS) is 17.7. The highest BCUT2D eigenvalue weighted by Gasteiger charge is 2.29. The number of pyridine rings is 1. The van der Waals surface area contributed by atoms with Gasteiger partial charge in [0.2, 0.25) is 0 Å². The lowest BCUT2D eigenvalue weighted by atomic mass is 9.96. The van der Waals surface area contributed by atoms with Crippen molar-refractivity contribution in [2.75, 3.05) is 26.8 Å². The summed E-state index contributed by atoms with van der Waals surface area (Å²) in [4.78, 5) is 6.62. The molecule has 1 aliphatic rings. The van der Waals surface area contributed by atoms with E-state index in [1.807, 2.05) is 46.3 Å². The highest BCUT2D eigenvalue weighted by atomic mass is 19.1. The summed E-state index contributed by atoms with van der Waals surface area (Å²) >= 11 is 0. The third-order valence-electron chi connectivity index (χ3n) is 5.85. The standard InChI is InChI=1S/C25H39FN4O2/c1-18(2)25(5,26)17-32-24-16-29-22(12-19(24)3)15-27-14-21(23-8-10-30(23)6)13-20(4)28-9-7-11-31/h8,10,12,14,16,18,23,27-28,31H,4,7,9,11,13,15,17H2,1-3,5-6H3/b21-14-. The minimum Gasteiger partial charge on any atom is -0.488 e. The Morgan fingerprint density at radius 1 is 1.47 bits per heavy atom. The van der Waals surface area contributed by atoms with E-state index >= 15 is 0 Å². The van der Waals surface area contributed by atoms with E-state index in [9.17, 15) is 4.39 Å². The first kappa shape index (κ1) is 25.7. The molecule has 0 fully saturated rings. The molecule has 0 spiro atoms. The second-order valence-electron chi connectivity index (χ2n) is 9.00. The molecule has 0 amide bonds. The molecule has 178 valence electrons. The summed E-state index contributed by atoms with van der Waals surface area (Å²) in [6.07, 6.45) is 9.32. The summed E-state index contributed by atoms with van der Waals surface area (Å²) in [5.41, 5.74) is 2.56. The van der Waals surface area contributed by atoms with Crippen molar-refractivity contribution in [1.29, 1.82) is 0 Å². The predicted octanol–water partition coefficient (Wildman–Crippen LogP) is 3.83. The van der Waals surface area contributed by atoms with E-state index in [1.54, 1.807) is 13.1 Å². The lowest BCUT2D eigenvalue weighted by Gasteiger charge is -2.34. The molecule has 6 nitrogen and oxygen atoms in total. The van der Waals surface area contributed by atoms with Crippen LogP contribution in [0.4, 0.5) is 4.39 Å². The number of likely N-dealkylation sites (N-methyl/N-ethyl adjacent to an activating group) is 1. The van der Waals surface area contributed by atoms with Gasteiger partial charge in [-0.15, -0.1) is 0 Å². The minimum absolute atomic E-state index is 0.00946. The first-order valence-corrected chi connectivity index (χ1v) is 11.3. The van der Waals surface area contributed by atoms with Crippen LogP contribution in [-0.4, -0.2) is 53.5 Å². The number of aliphatic hydroxyl groups is 1. The van der Waals surface area contributed by atoms with Gasteiger partial charge in [-0.25, -0.2) is 4.39 Å². The number of hydrogen-bond donors (Lipinski definition) is 3. The quantitative estimate of drug-likeness (QED) is 0.378. The van der Waals surface area contributed by atoms with Gasteiger partial charge in [-0.05, 0) is 61.9 Å². The fraction of sp³-hybridized carbons (Fsp3) is 0.560. The van der Waals surface area contributed by atoms with E-state index in [-0.39, 0.29) is 25.2 Å². The SMILES string of the molecule is C=C(C/C(=C/NCc1cc(C)c(OCC(C)(F)C(C)C)cn1)C1C=CN1C)NCCCO. The maximum Gasteiger partial charge on any atom is 0.144 e. The topological polar surface area (TPSA) is 69.7 Å². The van der Waals surface area contributed by atoms with Crippen molar-refractivity contribution < 1.29 is 14.2 Å². The monoisotopic (exact) mass is 446 g/mol. The molecule has 0 aromatic carbocycles. The molecule has 1 aromatic heterocycles. The average molecular weight is 447 g/mol. The summed E-state index contributed by atoms with van der Waals surface area (Å²) in [6.45, 7) is 12.8. The maximum absolute atomic E-state index is 14.5. The second-order valence-corrected chi connectivity index (χ2v) is 9.00. The molecule has 0 bridgehead atoms. The molecular weight excluding hydrogens is 407 g/mol. The van der Waals surface area contributed by atoms with E-state index in [1.165, 1.54) is 5.57 Å². The summed E-state index contributed by atoms with van der Waals surface area (Å²) in [7, 11) is 2.05. The van der Waals surface area contributed by atoms with Crippen LogP contribution in [0.2, 0.25) is 0 Å². The van der Waals surface area contributed by atoms with Crippen molar-refractivity contribution in [3.8, 4) is 5.75 Å². The van der Waals surface area contributed by atoms with Gasteiger partial charge in [-0.1, -0.05) is 20.4 Å². The molecule has 2 unspecified atom stereocenters. The number of ether oxygens (including phenoxy) is 1. The van der Waals surface area contributed by atoms with Crippen molar-refractivity contribution in [3.05, 3.63) is 59.8 Å². The second kappa shape index (κ2) is 11.9. The van der Waals surface area contributed by atoms with Crippen LogP contribution in [0.5, 0.6) is 5.75 Å². The van der Waals surface area contributed by atoms with Crippen LogP contribution in [0.3, 0.4) is 0 Å². The number of aliphatic hydroxyl groups excluding tert-OH is 1. The van der Waals surface area contributed by atoms with Gasteiger partial charge in [-0.2, -0.15) is 0 Å². The van der Waals surface area contributed by atoms with Gasteiger partial charge in [0, 0.05) is 32.3 Å². The van der Waals surface area contributed by atoms with Gasteiger partial charge >= 0.3 is 0 Å². The molecule has 2 rings (SSSR count). The van der Waals surface area contributed by atoms with Crippen molar-refractivity contribution in [2.24, 2.45) is 5.92 Å². The Balaban J connectivity index is 1.95. The van der Waals surface area contributed by atoms with Gasteiger partial charge in [-0.3, -0.25) is 4.98 Å². The van der Waals surface area contributed by atoms with Gasteiger partial charge in [0.15, 0.2) is 0 Å². The summed E-state index contributed by atoms with van der Waals surface area (Å²) in [6, 6.07) is 2.20. The van der Waals surface area contributed by atoms with Crippen LogP contribution in [-0.2, 0) is 6.54 Å². The van der Waals surface area contributed by atoms with Crippen LogP contribution in [0.1, 0.15) is 44.9 Å². The zero-order valence-corrected chi connectivity index (χ0v) is 20.1. The van der Waals surface area contributed by atoms with E-state index in [0.717, 1.165) is 23.4 Å². The Morgan fingerprint density at radius 3 is 2.78 bits per heavy atom. The van der Waals surface area contributed by atoms with Gasteiger partial charge in [0.1, 0.15) is 18.0 Å². The van der Waals surface area contributed by atoms with Gasteiger partial charge in [0.25, 0.3) is 0 Å². The Bertz CT molecular complexity index is 820. The molecule has 1 aliphatic heterocycles. The number of rotatable bonds is 14. The zero-order chi connectivity index (χ0) is 23.7. The maximum atomic E-state index is 14.5.